The Morgan fingerprint density at radius 1 is 0.966 bits per heavy atom. The van der Waals surface area contributed by atoms with Gasteiger partial charge in [0.1, 0.15) is 0 Å². The Bertz CT molecular complexity index is 903. The molecule has 152 valence electrons. The molecule has 0 aliphatic heterocycles. The van der Waals surface area contributed by atoms with Crippen LogP contribution >= 0.6 is 11.8 Å². The minimum Gasteiger partial charge on any atom is -0.478 e. The molecule has 7 heteroatoms. The molecule has 2 rings (SSSR count). The van der Waals surface area contributed by atoms with Gasteiger partial charge >= 0.3 is 5.97 Å². The van der Waals surface area contributed by atoms with Crippen molar-refractivity contribution in [2.75, 3.05) is 16.4 Å². The van der Waals surface area contributed by atoms with Gasteiger partial charge in [0.05, 0.1) is 5.75 Å². The molecule has 0 fully saturated rings. The van der Waals surface area contributed by atoms with Gasteiger partial charge in [-0.15, -0.1) is 11.8 Å². The zero-order valence-corrected chi connectivity index (χ0v) is 17.4. The van der Waals surface area contributed by atoms with E-state index in [0.29, 0.717) is 11.6 Å². The molecule has 2 aromatic carbocycles. The second-order valence-corrected chi connectivity index (χ2v) is 7.81. The maximum Gasteiger partial charge on any atom is 0.331 e. The predicted octanol–water partition coefficient (Wildman–Crippen LogP) is 4.51. The number of hydrogen-bond donors (Lipinski definition) is 3. The first-order valence-corrected chi connectivity index (χ1v) is 10.1. The highest BCUT2D eigenvalue weighted by Crippen LogP contribution is 2.21. The van der Waals surface area contributed by atoms with Crippen LogP contribution in [0.5, 0.6) is 0 Å². The molecule has 0 saturated carbocycles. The summed E-state index contributed by atoms with van der Waals surface area (Å²) >= 11 is 1.38. The summed E-state index contributed by atoms with van der Waals surface area (Å²) in [7, 11) is 0. The first-order valence-electron chi connectivity index (χ1n) is 9.10. The van der Waals surface area contributed by atoms with Gasteiger partial charge in [-0.2, -0.15) is 0 Å². The fraction of sp³-hybridized carbons (Fsp3) is 0.227. The van der Waals surface area contributed by atoms with Crippen LogP contribution in [0.15, 0.2) is 65.1 Å². The highest BCUT2D eigenvalue weighted by molar-refractivity contribution is 8.00. The second kappa shape index (κ2) is 10.5. The van der Waals surface area contributed by atoms with E-state index in [4.69, 9.17) is 5.11 Å². The summed E-state index contributed by atoms with van der Waals surface area (Å²) < 4.78 is 0. The first-order chi connectivity index (χ1) is 13.7. The Kier molecular flexibility index (Phi) is 8.03. The molecule has 6 nitrogen and oxygen atoms in total. The summed E-state index contributed by atoms with van der Waals surface area (Å²) in [5.74, 6) is -1.04. The second-order valence-electron chi connectivity index (χ2n) is 6.76. The van der Waals surface area contributed by atoms with Gasteiger partial charge in [0.25, 0.3) is 0 Å². The number of hydrogen-bond acceptors (Lipinski definition) is 4. The number of carbonyl (C=O) groups excluding carboxylic acids is 2. The van der Waals surface area contributed by atoms with Gasteiger partial charge in [-0.3, -0.25) is 9.59 Å². The van der Waals surface area contributed by atoms with Crippen LogP contribution in [0.2, 0.25) is 0 Å². The Labute approximate surface area is 174 Å². The van der Waals surface area contributed by atoms with Crippen molar-refractivity contribution in [3.05, 3.63) is 65.7 Å². The highest BCUT2D eigenvalue weighted by atomic mass is 32.2. The lowest BCUT2D eigenvalue weighted by molar-refractivity contribution is -0.132. The molecule has 0 atom stereocenters. The maximum absolute atomic E-state index is 12.1. The number of amides is 2. The van der Waals surface area contributed by atoms with Gasteiger partial charge in [0, 0.05) is 27.9 Å². The van der Waals surface area contributed by atoms with Crippen molar-refractivity contribution in [1.29, 1.82) is 0 Å². The molecule has 0 bridgehead atoms. The average Bonchev–Trinajstić information content (AvgIpc) is 2.67. The number of nitrogens with one attached hydrogen (secondary N) is 2. The van der Waals surface area contributed by atoms with Gasteiger partial charge in [0.15, 0.2) is 0 Å². The average molecular weight is 413 g/mol. The molecule has 0 unspecified atom stereocenters. The van der Waals surface area contributed by atoms with Gasteiger partial charge in [-0.1, -0.05) is 26.0 Å². The van der Waals surface area contributed by atoms with Crippen molar-refractivity contribution in [2.24, 2.45) is 0 Å². The van der Waals surface area contributed by atoms with Gasteiger partial charge in [-0.25, -0.2) is 4.79 Å². The van der Waals surface area contributed by atoms with E-state index >= 15 is 0 Å². The van der Waals surface area contributed by atoms with Crippen molar-refractivity contribution < 1.29 is 19.5 Å². The van der Waals surface area contributed by atoms with Crippen molar-refractivity contribution in [1.82, 2.24) is 0 Å². The van der Waals surface area contributed by atoms with Crippen LogP contribution in [0.25, 0.3) is 0 Å². The predicted molar refractivity (Wildman–Crippen MR) is 116 cm³/mol. The Balaban J connectivity index is 1.83. The lowest BCUT2D eigenvalue weighted by Crippen LogP contribution is -2.14. The van der Waals surface area contributed by atoms with E-state index in [1.165, 1.54) is 24.2 Å². The number of carboxylic acids is 1. The van der Waals surface area contributed by atoms with E-state index in [9.17, 15) is 14.4 Å². The summed E-state index contributed by atoms with van der Waals surface area (Å²) in [5, 5.41) is 14.3. The molecule has 29 heavy (non-hydrogen) atoms. The van der Waals surface area contributed by atoms with E-state index in [-0.39, 0.29) is 17.2 Å². The van der Waals surface area contributed by atoms with Crippen LogP contribution < -0.4 is 10.6 Å². The van der Waals surface area contributed by atoms with Crippen molar-refractivity contribution in [3.63, 3.8) is 0 Å². The Hall–Kier alpha value is -3.06. The summed E-state index contributed by atoms with van der Waals surface area (Å²) in [6.07, 6.45) is 1.03. The summed E-state index contributed by atoms with van der Waals surface area (Å²) in [4.78, 5) is 35.5. The normalized spacial score (nSPS) is 11.2. The fourth-order valence-electron chi connectivity index (χ4n) is 2.37. The molecule has 0 heterocycles. The molecule has 0 spiro atoms. The summed E-state index contributed by atoms with van der Waals surface area (Å²) in [5.41, 5.74) is 2.49. The quantitative estimate of drug-likeness (QED) is 0.438. The molecule has 0 saturated heterocycles. The minimum atomic E-state index is -1.14. The van der Waals surface area contributed by atoms with Gasteiger partial charge in [0.2, 0.25) is 11.8 Å². The number of anilines is 2. The monoisotopic (exact) mass is 412 g/mol. The van der Waals surface area contributed by atoms with Crippen LogP contribution in [0.3, 0.4) is 0 Å². The van der Waals surface area contributed by atoms with Crippen LogP contribution in [0.4, 0.5) is 11.4 Å². The number of rotatable bonds is 8. The van der Waals surface area contributed by atoms with Crippen LogP contribution in [-0.4, -0.2) is 28.6 Å². The summed E-state index contributed by atoms with van der Waals surface area (Å²) in [6, 6.07) is 14.8. The first kappa shape index (κ1) is 22.2. The van der Waals surface area contributed by atoms with E-state index in [1.807, 2.05) is 24.3 Å². The number of aliphatic carboxylic acids is 1. The molecule has 0 radical (unpaired) electrons. The number of benzene rings is 2. The Morgan fingerprint density at radius 2 is 1.52 bits per heavy atom. The fourth-order valence-corrected chi connectivity index (χ4v) is 3.07. The molecule has 2 aromatic rings. The third-order valence-electron chi connectivity index (χ3n) is 4.04. The van der Waals surface area contributed by atoms with E-state index < -0.39 is 11.9 Å². The third kappa shape index (κ3) is 7.46. The smallest absolute Gasteiger partial charge is 0.331 e. The van der Waals surface area contributed by atoms with Crippen LogP contribution in [0, 0.1) is 0 Å². The third-order valence-corrected chi connectivity index (χ3v) is 5.05. The lowest BCUT2D eigenvalue weighted by Gasteiger charge is -2.09. The van der Waals surface area contributed by atoms with Crippen molar-refractivity contribution >= 4 is 40.9 Å². The van der Waals surface area contributed by atoms with Crippen molar-refractivity contribution in [3.8, 4) is 0 Å². The molecule has 0 aromatic heterocycles. The molecule has 0 aliphatic rings. The van der Waals surface area contributed by atoms with E-state index in [2.05, 4.69) is 24.5 Å². The maximum atomic E-state index is 12.1. The topological polar surface area (TPSA) is 95.5 Å². The number of thioether (sulfide) groups is 1. The zero-order valence-electron chi connectivity index (χ0n) is 16.6. The van der Waals surface area contributed by atoms with Gasteiger partial charge in [-0.05, 0) is 54.8 Å². The number of carbonyl (C=O) groups is 3. The highest BCUT2D eigenvalue weighted by Gasteiger charge is 2.07. The van der Waals surface area contributed by atoms with Crippen LogP contribution in [-0.2, 0) is 14.4 Å². The SMILES string of the molecule is C/C(=C/C(=O)Nc1ccc(SCC(=O)Nc2ccc(C(C)C)cc2)cc1)C(=O)O. The molecule has 2 amide bonds. The number of carboxylic acid groups (broad SMARTS) is 1. The molecular formula is C22H24N2O4S. The lowest BCUT2D eigenvalue weighted by atomic mass is 10.0. The molecule has 0 aliphatic carbocycles. The van der Waals surface area contributed by atoms with E-state index in [0.717, 1.165) is 16.7 Å². The van der Waals surface area contributed by atoms with Crippen LogP contribution in [0.1, 0.15) is 32.3 Å². The Morgan fingerprint density at radius 3 is 2.07 bits per heavy atom. The largest absolute Gasteiger partial charge is 0.478 e. The summed E-state index contributed by atoms with van der Waals surface area (Å²) in [6.45, 7) is 5.59. The standard InChI is InChI=1S/C22H24N2O4S/c1-14(2)16-4-6-17(7-5-16)24-21(26)13-29-19-10-8-18(9-11-19)23-20(25)12-15(3)22(27)28/h4-12,14H,13H2,1-3H3,(H,23,25)(H,24,26)(H,27,28)/b15-12-. The van der Waals surface area contributed by atoms with Crippen molar-refractivity contribution in [2.45, 2.75) is 31.6 Å². The van der Waals surface area contributed by atoms with Gasteiger partial charge < -0.3 is 15.7 Å². The molecular weight excluding hydrogens is 388 g/mol. The zero-order chi connectivity index (χ0) is 21.4. The van der Waals surface area contributed by atoms with E-state index in [1.54, 1.807) is 24.3 Å². The minimum absolute atomic E-state index is 0.0421. The molecule has 3 N–H and O–H groups in total.